The van der Waals surface area contributed by atoms with Crippen LogP contribution in [-0.2, 0) is 4.79 Å². The van der Waals surface area contributed by atoms with E-state index in [2.05, 4.69) is 0 Å². The molecule has 0 saturated carbocycles. The van der Waals surface area contributed by atoms with Crippen molar-refractivity contribution < 1.29 is 4.79 Å². The minimum absolute atomic E-state index is 0.0128. The van der Waals surface area contributed by atoms with E-state index in [-0.39, 0.29) is 11.9 Å². The van der Waals surface area contributed by atoms with Gasteiger partial charge >= 0.3 is 0 Å². The summed E-state index contributed by atoms with van der Waals surface area (Å²) in [5.74, 6) is 0.0162. The first-order chi connectivity index (χ1) is 7.15. The Kier molecular flexibility index (Phi) is 2.67. The normalized spacial score (nSPS) is 25.3. The number of halogens is 1. The van der Waals surface area contributed by atoms with Crippen LogP contribution in [0.5, 0.6) is 0 Å². The van der Waals surface area contributed by atoms with Crippen LogP contribution in [0.4, 0.5) is 0 Å². The Bertz CT molecular complexity index is 394. The van der Waals surface area contributed by atoms with Gasteiger partial charge in [0, 0.05) is 11.6 Å². The van der Waals surface area contributed by atoms with Gasteiger partial charge < -0.3 is 10.6 Å². The van der Waals surface area contributed by atoms with E-state index in [1.165, 1.54) is 0 Å². The van der Waals surface area contributed by atoms with E-state index in [0.29, 0.717) is 11.6 Å². The molecule has 1 saturated heterocycles. The Morgan fingerprint density at radius 1 is 1.53 bits per heavy atom. The molecule has 2 rings (SSSR count). The molecule has 2 N–H and O–H groups in total. The number of benzene rings is 1. The predicted octanol–water partition coefficient (Wildman–Crippen LogP) is 1.57. The van der Waals surface area contributed by atoms with E-state index in [0.717, 1.165) is 5.56 Å². The topological polar surface area (TPSA) is 46.3 Å². The van der Waals surface area contributed by atoms with Crippen molar-refractivity contribution in [2.24, 2.45) is 5.73 Å². The quantitative estimate of drug-likeness (QED) is 0.776. The van der Waals surface area contributed by atoms with Gasteiger partial charge in [-0.3, -0.25) is 4.79 Å². The first-order valence-electron chi connectivity index (χ1n) is 4.96. The van der Waals surface area contributed by atoms with Crippen LogP contribution in [0.15, 0.2) is 24.3 Å². The number of rotatable bonds is 2. The van der Waals surface area contributed by atoms with Crippen LogP contribution in [0.2, 0.25) is 5.02 Å². The molecule has 80 valence electrons. The third kappa shape index (κ3) is 1.62. The third-order valence-electron chi connectivity index (χ3n) is 2.78. The molecule has 4 heteroatoms. The maximum absolute atomic E-state index is 11.4. The summed E-state index contributed by atoms with van der Waals surface area (Å²) in [6.07, 6.45) is 0. The molecule has 1 aliphatic rings. The van der Waals surface area contributed by atoms with Gasteiger partial charge in [0.05, 0.1) is 6.04 Å². The van der Waals surface area contributed by atoms with Crippen molar-refractivity contribution in [2.45, 2.75) is 19.0 Å². The predicted molar refractivity (Wildman–Crippen MR) is 59.6 cm³/mol. The zero-order chi connectivity index (χ0) is 11.0. The number of nitrogens with two attached hydrogens (primary N) is 1. The van der Waals surface area contributed by atoms with Crippen LogP contribution in [-0.4, -0.2) is 23.4 Å². The molecular weight excluding hydrogens is 212 g/mol. The lowest BCUT2D eigenvalue weighted by atomic mass is 9.89. The number of nitrogens with zero attached hydrogens (tertiary/aromatic N) is 1. The number of carbonyl (C=O) groups is 1. The molecule has 0 radical (unpaired) electrons. The number of amides is 1. The first kappa shape index (κ1) is 10.5. The summed E-state index contributed by atoms with van der Waals surface area (Å²) in [7, 11) is 0. The van der Waals surface area contributed by atoms with E-state index in [1.807, 2.05) is 31.2 Å². The van der Waals surface area contributed by atoms with Crippen LogP contribution >= 0.6 is 11.6 Å². The maximum Gasteiger partial charge on any atom is 0.242 e. The molecule has 1 aliphatic heterocycles. The Morgan fingerprint density at radius 3 is 2.87 bits per heavy atom. The Labute approximate surface area is 93.8 Å². The molecule has 0 bridgehead atoms. The number of hydrogen-bond acceptors (Lipinski definition) is 2. The van der Waals surface area contributed by atoms with Gasteiger partial charge in [-0.2, -0.15) is 0 Å². The van der Waals surface area contributed by atoms with Crippen LogP contribution in [0, 0.1) is 0 Å². The lowest BCUT2D eigenvalue weighted by molar-refractivity contribution is -0.149. The summed E-state index contributed by atoms with van der Waals surface area (Å²) in [6, 6.07) is 7.07. The number of hydrogen-bond donors (Lipinski definition) is 1. The van der Waals surface area contributed by atoms with Gasteiger partial charge in [-0.05, 0) is 24.6 Å². The smallest absolute Gasteiger partial charge is 0.242 e. The summed E-state index contributed by atoms with van der Waals surface area (Å²) in [6.45, 7) is 2.63. The zero-order valence-corrected chi connectivity index (χ0v) is 9.24. The van der Waals surface area contributed by atoms with Crippen molar-refractivity contribution in [3.8, 4) is 0 Å². The van der Waals surface area contributed by atoms with Gasteiger partial charge in [-0.25, -0.2) is 0 Å². The molecule has 0 unspecified atom stereocenters. The molecule has 1 aromatic rings. The van der Waals surface area contributed by atoms with Crippen LogP contribution in [0.25, 0.3) is 0 Å². The summed E-state index contributed by atoms with van der Waals surface area (Å²) >= 11 is 5.90. The molecule has 15 heavy (non-hydrogen) atoms. The van der Waals surface area contributed by atoms with E-state index >= 15 is 0 Å². The molecule has 0 aliphatic carbocycles. The number of β-lactam (4-membered cyclic amide) rings is 1. The Balaban J connectivity index is 2.28. The van der Waals surface area contributed by atoms with Crippen LogP contribution in [0.1, 0.15) is 18.5 Å². The third-order valence-corrected chi connectivity index (χ3v) is 3.01. The van der Waals surface area contributed by atoms with Gasteiger partial charge in [0.2, 0.25) is 5.91 Å². The molecule has 1 fully saturated rings. The number of likely N-dealkylation sites (N-methyl/N-ethyl adjacent to an activating group) is 1. The molecule has 0 aromatic heterocycles. The SMILES string of the molecule is CCN1C(=O)[C@H](N)[C@@H]1c1cccc(Cl)c1. The monoisotopic (exact) mass is 224 g/mol. The standard InChI is InChI=1S/C11H13ClN2O/c1-2-14-10(9(13)11(14)15)7-4-3-5-8(12)6-7/h3-6,9-10H,2,13H2,1H3/t9-,10+/m1/s1. The summed E-state index contributed by atoms with van der Waals surface area (Å²) in [5.41, 5.74) is 6.79. The minimum Gasteiger partial charge on any atom is -0.332 e. The van der Waals surface area contributed by atoms with Crippen LogP contribution in [0.3, 0.4) is 0 Å². The summed E-state index contributed by atoms with van der Waals surface area (Å²) in [5, 5.41) is 0.676. The van der Waals surface area contributed by atoms with E-state index in [1.54, 1.807) is 4.90 Å². The molecule has 1 amide bonds. The van der Waals surface area contributed by atoms with Gasteiger partial charge in [-0.1, -0.05) is 23.7 Å². The van der Waals surface area contributed by atoms with E-state index in [9.17, 15) is 4.79 Å². The Hall–Kier alpha value is -1.06. The second-order valence-electron chi connectivity index (χ2n) is 3.65. The van der Waals surface area contributed by atoms with Gasteiger partial charge in [0.1, 0.15) is 6.04 Å². The molecule has 0 spiro atoms. The zero-order valence-electron chi connectivity index (χ0n) is 8.48. The lowest BCUT2D eigenvalue weighted by Gasteiger charge is -2.45. The maximum atomic E-state index is 11.4. The highest BCUT2D eigenvalue weighted by molar-refractivity contribution is 6.30. The van der Waals surface area contributed by atoms with E-state index < -0.39 is 6.04 Å². The molecular formula is C11H13ClN2O. The van der Waals surface area contributed by atoms with E-state index in [4.69, 9.17) is 17.3 Å². The average Bonchev–Trinajstić information content (AvgIpc) is 2.24. The van der Waals surface area contributed by atoms with Crippen LogP contribution < -0.4 is 5.73 Å². The summed E-state index contributed by atoms with van der Waals surface area (Å²) in [4.78, 5) is 13.2. The second kappa shape index (κ2) is 3.83. The fraction of sp³-hybridized carbons (Fsp3) is 0.364. The molecule has 1 aromatic carbocycles. The van der Waals surface area contributed by atoms with Crippen molar-refractivity contribution in [1.82, 2.24) is 4.90 Å². The highest BCUT2D eigenvalue weighted by atomic mass is 35.5. The first-order valence-corrected chi connectivity index (χ1v) is 5.34. The average molecular weight is 225 g/mol. The number of carbonyl (C=O) groups excluding carboxylic acids is 1. The highest BCUT2D eigenvalue weighted by Gasteiger charge is 2.44. The number of likely N-dealkylation sites (tertiary alicyclic amines) is 1. The molecule has 1 heterocycles. The van der Waals surface area contributed by atoms with Crippen molar-refractivity contribution in [2.75, 3.05) is 6.54 Å². The van der Waals surface area contributed by atoms with Gasteiger partial charge in [0.15, 0.2) is 0 Å². The van der Waals surface area contributed by atoms with Crippen molar-refractivity contribution >= 4 is 17.5 Å². The van der Waals surface area contributed by atoms with Crippen molar-refractivity contribution in [1.29, 1.82) is 0 Å². The molecule has 2 atom stereocenters. The lowest BCUT2D eigenvalue weighted by Crippen LogP contribution is -2.62. The highest BCUT2D eigenvalue weighted by Crippen LogP contribution is 2.33. The van der Waals surface area contributed by atoms with Gasteiger partial charge in [-0.15, -0.1) is 0 Å². The van der Waals surface area contributed by atoms with Gasteiger partial charge in [0.25, 0.3) is 0 Å². The second-order valence-corrected chi connectivity index (χ2v) is 4.09. The minimum atomic E-state index is -0.414. The summed E-state index contributed by atoms with van der Waals surface area (Å²) < 4.78 is 0. The van der Waals surface area contributed by atoms with Crippen molar-refractivity contribution in [3.63, 3.8) is 0 Å². The largest absolute Gasteiger partial charge is 0.332 e. The van der Waals surface area contributed by atoms with Crippen molar-refractivity contribution in [3.05, 3.63) is 34.9 Å². The fourth-order valence-electron chi connectivity index (χ4n) is 2.01. The Morgan fingerprint density at radius 2 is 2.27 bits per heavy atom. The molecule has 3 nitrogen and oxygen atoms in total. The fourth-order valence-corrected chi connectivity index (χ4v) is 2.20.